The minimum Gasteiger partial charge on any atom is -0.383 e. The third-order valence-corrected chi connectivity index (χ3v) is 3.23. The second-order valence-corrected chi connectivity index (χ2v) is 4.60. The van der Waals surface area contributed by atoms with Crippen molar-refractivity contribution >= 4 is 5.91 Å². The van der Waals surface area contributed by atoms with Crippen LogP contribution >= 0.6 is 0 Å². The quantitative estimate of drug-likeness (QED) is 0.806. The fourth-order valence-electron chi connectivity index (χ4n) is 2.24. The minimum absolute atomic E-state index is 0.00445. The van der Waals surface area contributed by atoms with Crippen molar-refractivity contribution in [1.29, 1.82) is 0 Å². The predicted octanol–water partition coefficient (Wildman–Crippen LogP) is 0.616. The third kappa shape index (κ3) is 3.34. The molecular weight excluding hydrogens is 230 g/mol. The van der Waals surface area contributed by atoms with Gasteiger partial charge in [-0.05, 0) is 31.5 Å². The van der Waals surface area contributed by atoms with Crippen LogP contribution in [0.15, 0.2) is 18.3 Å². The lowest BCUT2D eigenvalue weighted by Crippen LogP contribution is -2.46. The molecule has 1 fully saturated rings. The Hall–Kier alpha value is -1.33. The summed E-state index contributed by atoms with van der Waals surface area (Å²) >= 11 is 0. The van der Waals surface area contributed by atoms with Gasteiger partial charge >= 0.3 is 0 Å². The monoisotopic (exact) mass is 251 g/mol. The third-order valence-electron chi connectivity index (χ3n) is 3.23. The number of nitrogens with zero attached hydrogens (tertiary/aromatic N) is 1. The molecule has 1 aromatic heterocycles. The highest BCUT2D eigenvalue weighted by atomic mass is 16.5. The number of hydrogen-bond acceptors (Lipinski definition) is 3. The van der Waals surface area contributed by atoms with E-state index in [1.54, 1.807) is 7.11 Å². The Morgan fingerprint density at radius 2 is 2.56 bits per heavy atom. The first-order valence-corrected chi connectivity index (χ1v) is 6.47. The number of rotatable bonds is 5. The Morgan fingerprint density at radius 1 is 1.67 bits per heavy atom. The summed E-state index contributed by atoms with van der Waals surface area (Å²) in [5.41, 5.74) is 0.706. The summed E-state index contributed by atoms with van der Waals surface area (Å²) in [7, 11) is 1.66. The smallest absolute Gasteiger partial charge is 0.268 e. The zero-order chi connectivity index (χ0) is 12.8. The number of carbonyl (C=O) groups excluding carboxylic acids is 1. The van der Waals surface area contributed by atoms with Crippen LogP contribution in [0.1, 0.15) is 23.3 Å². The molecule has 1 aliphatic heterocycles. The van der Waals surface area contributed by atoms with Gasteiger partial charge < -0.3 is 19.9 Å². The summed E-state index contributed by atoms with van der Waals surface area (Å²) in [5.74, 6) is 0.00445. The molecule has 0 bridgehead atoms. The van der Waals surface area contributed by atoms with Crippen molar-refractivity contribution in [2.45, 2.75) is 25.4 Å². The molecule has 0 aromatic carbocycles. The van der Waals surface area contributed by atoms with Crippen LogP contribution in [0.3, 0.4) is 0 Å². The molecule has 1 saturated heterocycles. The number of amides is 1. The van der Waals surface area contributed by atoms with Crippen LogP contribution in [0.4, 0.5) is 0 Å². The van der Waals surface area contributed by atoms with Crippen LogP contribution in [0.5, 0.6) is 0 Å². The largest absolute Gasteiger partial charge is 0.383 e. The molecule has 5 heteroatoms. The molecule has 1 aliphatic rings. The minimum atomic E-state index is 0.00445. The van der Waals surface area contributed by atoms with Gasteiger partial charge in [0.15, 0.2) is 0 Å². The number of methoxy groups -OCH3 is 1. The fourth-order valence-corrected chi connectivity index (χ4v) is 2.24. The highest BCUT2D eigenvalue weighted by Crippen LogP contribution is 2.06. The van der Waals surface area contributed by atoms with E-state index < -0.39 is 0 Å². The maximum Gasteiger partial charge on any atom is 0.268 e. The van der Waals surface area contributed by atoms with Crippen molar-refractivity contribution in [2.24, 2.45) is 0 Å². The van der Waals surface area contributed by atoms with Gasteiger partial charge in [0, 0.05) is 32.4 Å². The maximum absolute atomic E-state index is 12.2. The Labute approximate surface area is 108 Å². The van der Waals surface area contributed by atoms with Crippen molar-refractivity contribution in [3.8, 4) is 0 Å². The van der Waals surface area contributed by atoms with Gasteiger partial charge in [-0.1, -0.05) is 0 Å². The van der Waals surface area contributed by atoms with E-state index in [1.165, 1.54) is 0 Å². The zero-order valence-electron chi connectivity index (χ0n) is 10.8. The van der Waals surface area contributed by atoms with Gasteiger partial charge in [-0.15, -0.1) is 0 Å². The lowest BCUT2D eigenvalue weighted by molar-refractivity contribution is 0.0918. The summed E-state index contributed by atoms with van der Waals surface area (Å²) < 4.78 is 6.96. The standard InChI is InChI=1S/C13H21N3O2/c1-18-9-8-16-7-3-5-12(16)13(17)15-11-4-2-6-14-10-11/h3,5,7,11,14H,2,4,6,8-10H2,1H3,(H,15,17)/t11-/m0/s1. The second kappa shape index (κ2) is 6.56. The molecule has 0 saturated carbocycles. The van der Waals surface area contributed by atoms with Crippen LogP contribution in [0.2, 0.25) is 0 Å². The molecule has 1 aromatic rings. The van der Waals surface area contributed by atoms with Gasteiger partial charge in [0.25, 0.3) is 5.91 Å². The summed E-state index contributed by atoms with van der Waals surface area (Å²) in [6, 6.07) is 3.99. The fraction of sp³-hybridized carbons (Fsp3) is 0.615. The van der Waals surface area contributed by atoms with Gasteiger partial charge in [0.05, 0.1) is 6.61 Å². The molecule has 100 valence electrons. The Bertz CT molecular complexity index is 383. The summed E-state index contributed by atoms with van der Waals surface area (Å²) in [6.07, 6.45) is 4.08. The maximum atomic E-state index is 12.2. The highest BCUT2D eigenvalue weighted by Gasteiger charge is 2.17. The summed E-state index contributed by atoms with van der Waals surface area (Å²) in [6.45, 7) is 3.23. The predicted molar refractivity (Wildman–Crippen MR) is 69.7 cm³/mol. The molecule has 2 rings (SSSR count). The lowest BCUT2D eigenvalue weighted by atomic mass is 10.1. The van der Waals surface area contributed by atoms with Crippen molar-refractivity contribution < 1.29 is 9.53 Å². The molecule has 5 nitrogen and oxygen atoms in total. The molecule has 0 spiro atoms. The topological polar surface area (TPSA) is 55.3 Å². The number of aromatic nitrogens is 1. The Kier molecular flexibility index (Phi) is 4.78. The Balaban J connectivity index is 1.93. The lowest BCUT2D eigenvalue weighted by Gasteiger charge is -2.24. The van der Waals surface area contributed by atoms with E-state index in [1.807, 2.05) is 22.9 Å². The first kappa shape index (κ1) is 13.1. The SMILES string of the molecule is COCCn1cccc1C(=O)N[C@H]1CCCNC1. The number of carbonyl (C=O) groups is 1. The summed E-state index contributed by atoms with van der Waals surface area (Å²) in [5, 5.41) is 6.37. The van der Waals surface area contributed by atoms with Crippen molar-refractivity contribution in [3.63, 3.8) is 0 Å². The van der Waals surface area contributed by atoms with Crippen LogP contribution in [0, 0.1) is 0 Å². The van der Waals surface area contributed by atoms with E-state index in [0.717, 1.165) is 25.9 Å². The van der Waals surface area contributed by atoms with Crippen LogP contribution in [-0.4, -0.2) is 43.3 Å². The normalized spacial score (nSPS) is 19.7. The Morgan fingerprint density at radius 3 is 3.28 bits per heavy atom. The van der Waals surface area contributed by atoms with Crippen LogP contribution in [-0.2, 0) is 11.3 Å². The van der Waals surface area contributed by atoms with Crippen molar-refractivity contribution in [2.75, 3.05) is 26.8 Å². The van der Waals surface area contributed by atoms with Gasteiger partial charge in [-0.2, -0.15) is 0 Å². The number of ether oxygens (including phenoxy) is 1. The molecule has 2 heterocycles. The number of nitrogens with one attached hydrogen (secondary N) is 2. The zero-order valence-corrected chi connectivity index (χ0v) is 10.8. The van der Waals surface area contributed by atoms with Crippen LogP contribution in [0.25, 0.3) is 0 Å². The van der Waals surface area contributed by atoms with E-state index in [0.29, 0.717) is 18.8 Å². The van der Waals surface area contributed by atoms with Gasteiger partial charge in [0.2, 0.25) is 0 Å². The molecule has 2 N–H and O–H groups in total. The average Bonchev–Trinajstić information content (AvgIpc) is 2.86. The van der Waals surface area contributed by atoms with Gasteiger partial charge in [-0.3, -0.25) is 4.79 Å². The number of piperidine rings is 1. The molecule has 18 heavy (non-hydrogen) atoms. The van der Waals surface area contributed by atoms with E-state index in [-0.39, 0.29) is 11.9 Å². The molecule has 1 amide bonds. The highest BCUT2D eigenvalue weighted by molar-refractivity contribution is 5.92. The van der Waals surface area contributed by atoms with Crippen LogP contribution < -0.4 is 10.6 Å². The molecular formula is C13H21N3O2. The van der Waals surface area contributed by atoms with Crippen molar-refractivity contribution in [3.05, 3.63) is 24.0 Å². The first-order chi connectivity index (χ1) is 8.81. The number of hydrogen-bond donors (Lipinski definition) is 2. The van der Waals surface area contributed by atoms with E-state index >= 15 is 0 Å². The van der Waals surface area contributed by atoms with E-state index in [9.17, 15) is 4.79 Å². The molecule has 0 radical (unpaired) electrons. The molecule has 1 atom stereocenters. The second-order valence-electron chi connectivity index (χ2n) is 4.60. The van der Waals surface area contributed by atoms with Gasteiger partial charge in [0.1, 0.15) is 5.69 Å². The van der Waals surface area contributed by atoms with Gasteiger partial charge in [-0.25, -0.2) is 0 Å². The average molecular weight is 251 g/mol. The van der Waals surface area contributed by atoms with E-state index in [4.69, 9.17) is 4.74 Å². The summed E-state index contributed by atoms with van der Waals surface area (Å²) in [4.78, 5) is 12.2. The molecule has 0 unspecified atom stereocenters. The van der Waals surface area contributed by atoms with Crippen molar-refractivity contribution in [1.82, 2.24) is 15.2 Å². The van der Waals surface area contributed by atoms with E-state index in [2.05, 4.69) is 10.6 Å². The molecule has 0 aliphatic carbocycles. The first-order valence-electron chi connectivity index (χ1n) is 6.47.